The first-order valence-corrected chi connectivity index (χ1v) is 13.6. The van der Waals surface area contributed by atoms with Gasteiger partial charge in [0, 0.05) is 19.0 Å². The highest BCUT2D eigenvalue weighted by atomic mass is 32.2. The van der Waals surface area contributed by atoms with Crippen molar-refractivity contribution >= 4 is 21.8 Å². The smallest absolute Gasteiger partial charge is 0.338 e. The molecule has 4 rings (SSSR count). The molecule has 0 fully saturated rings. The molecule has 192 valence electrons. The van der Waals surface area contributed by atoms with Crippen molar-refractivity contribution in [3.8, 4) is 5.69 Å². The first kappa shape index (κ1) is 26.1. The summed E-state index contributed by atoms with van der Waals surface area (Å²) in [7, 11) is -3.94. The number of nitrogens with zero attached hydrogens (tertiary/aromatic N) is 3. The predicted octanol–water partition coefficient (Wildman–Crippen LogP) is 4.21. The van der Waals surface area contributed by atoms with Crippen molar-refractivity contribution in [3.05, 3.63) is 108 Å². The second kappa shape index (κ2) is 12.3. The van der Waals surface area contributed by atoms with Crippen LogP contribution in [0.25, 0.3) is 5.69 Å². The van der Waals surface area contributed by atoms with Crippen LogP contribution in [0.15, 0.2) is 102 Å². The topological polar surface area (TPSA) is 108 Å². The number of sulfonamides is 1. The fourth-order valence-corrected chi connectivity index (χ4v) is 5.39. The fourth-order valence-electron chi connectivity index (χ4n) is 3.90. The van der Waals surface area contributed by atoms with Gasteiger partial charge in [-0.25, -0.2) is 22.2 Å². The van der Waals surface area contributed by atoms with Crippen LogP contribution in [-0.2, 0) is 21.2 Å². The monoisotopic (exact) mass is 518 g/mol. The number of anilines is 1. The SMILES string of the molecule is NCCCc1ccc(S(=O)(=O)N(CCCOC(=O)c2ccccc2)c2ccnn2-c2ccccc2)cc1. The third kappa shape index (κ3) is 6.44. The molecule has 37 heavy (non-hydrogen) atoms. The van der Waals surface area contributed by atoms with Crippen molar-refractivity contribution < 1.29 is 17.9 Å². The van der Waals surface area contributed by atoms with Crippen LogP contribution in [0.2, 0.25) is 0 Å². The van der Waals surface area contributed by atoms with Gasteiger partial charge in [0.2, 0.25) is 0 Å². The van der Waals surface area contributed by atoms with Crippen LogP contribution >= 0.6 is 0 Å². The number of hydrogen-bond donors (Lipinski definition) is 1. The molecule has 0 amide bonds. The maximum Gasteiger partial charge on any atom is 0.338 e. The zero-order valence-electron chi connectivity index (χ0n) is 20.4. The van der Waals surface area contributed by atoms with E-state index in [4.69, 9.17) is 10.5 Å². The van der Waals surface area contributed by atoms with E-state index in [-0.39, 0.29) is 18.0 Å². The van der Waals surface area contributed by atoms with Gasteiger partial charge in [0.15, 0.2) is 0 Å². The summed E-state index contributed by atoms with van der Waals surface area (Å²) in [6.07, 6.45) is 3.48. The summed E-state index contributed by atoms with van der Waals surface area (Å²) in [6.45, 7) is 0.737. The number of rotatable bonds is 12. The van der Waals surface area contributed by atoms with Crippen LogP contribution in [0.4, 0.5) is 5.82 Å². The van der Waals surface area contributed by atoms with Gasteiger partial charge in [-0.3, -0.25) is 0 Å². The van der Waals surface area contributed by atoms with Gasteiger partial charge in [-0.05, 0) is 61.3 Å². The van der Waals surface area contributed by atoms with E-state index in [1.165, 1.54) is 4.31 Å². The van der Waals surface area contributed by atoms with Gasteiger partial charge in [0.05, 0.1) is 29.0 Å². The third-order valence-corrected chi connectivity index (χ3v) is 7.63. The lowest BCUT2D eigenvalue weighted by Gasteiger charge is -2.25. The highest BCUT2D eigenvalue weighted by Gasteiger charge is 2.28. The van der Waals surface area contributed by atoms with Crippen molar-refractivity contribution in [2.75, 3.05) is 24.0 Å². The van der Waals surface area contributed by atoms with E-state index in [1.54, 1.807) is 53.3 Å². The number of carbonyl (C=O) groups is 1. The molecule has 2 N–H and O–H groups in total. The van der Waals surface area contributed by atoms with E-state index in [2.05, 4.69) is 5.10 Å². The molecule has 9 heteroatoms. The molecule has 0 saturated carbocycles. The highest BCUT2D eigenvalue weighted by Crippen LogP contribution is 2.26. The van der Waals surface area contributed by atoms with E-state index in [9.17, 15) is 13.2 Å². The minimum absolute atomic E-state index is 0.0667. The van der Waals surface area contributed by atoms with Crippen LogP contribution in [-0.4, -0.2) is 43.9 Å². The minimum atomic E-state index is -3.94. The molecule has 0 spiro atoms. The third-order valence-electron chi connectivity index (χ3n) is 5.81. The molecule has 0 aliphatic carbocycles. The van der Waals surface area contributed by atoms with Crippen molar-refractivity contribution in [1.82, 2.24) is 9.78 Å². The maximum absolute atomic E-state index is 13.8. The number of aryl methyl sites for hydroxylation is 1. The lowest BCUT2D eigenvalue weighted by atomic mass is 10.1. The van der Waals surface area contributed by atoms with E-state index in [0.717, 1.165) is 24.1 Å². The maximum atomic E-state index is 13.8. The van der Waals surface area contributed by atoms with E-state index >= 15 is 0 Å². The molecule has 4 aromatic rings. The molecule has 0 saturated heterocycles. The summed E-state index contributed by atoms with van der Waals surface area (Å²) < 4.78 is 36.0. The van der Waals surface area contributed by atoms with Crippen LogP contribution in [0.1, 0.15) is 28.8 Å². The Hall–Kier alpha value is -3.95. The van der Waals surface area contributed by atoms with Gasteiger partial charge in [-0.2, -0.15) is 5.10 Å². The van der Waals surface area contributed by atoms with Crippen molar-refractivity contribution in [1.29, 1.82) is 0 Å². The van der Waals surface area contributed by atoms with Crippen molar-refractivity contribution in [2.45, 2.75) is 24.2 Å². The molecule has 0 atom stereocenters. The van der Waals surface area contributed by atoms with E-state index in [1.807, 2.05) is 48.5 Å². The summed E-state index contributed by atoms with van der Waals surface area (Å²) in [6, 6.07) is 26.5. The van der Waals surface area contributed by atoms with E-state index < -0.39 is 16.0 Å². The fraction of sp³-hybridized carbons (Fsp3) is 0.214. The number of benzene rings is 3. The number of esters is 1. The van der Waals surface area contributed by atoms with Gasteiger partial charge in [0.25, 0.3) is 10.0 Å². The molecule has 8 nitrogen and oxygen atoms in total. The summed E-state index contributed by atoms with van der Waals surface area (Å²) in [4.78, 5) is 12.5. The normalized spacial score (nSPS) is 11.3. The minimum Gasteiger partial charge on any atom is -0.462 e. The number of ether oxygens (including phenoxy) is 1. The average molecular weight is 519 g/mol. The zero-order valence-corrected chi connectivity index (χ0v) is 21.3. The number of para-hydroxylation sites is 1. The summed E-state index contributed by atoms with van der Waals surface area (Å²) in [5.41, 5.74) is 7.80. The molecule has 0 aliphatic rings. The molecule has 0 unspecified atom stereocenters. The zero-order chi connectivity index (χ0) is 26.1. The average Bonchev–Trinajstić information content (AvgIpc) is 3.42. The first-order chi connectivity index (χ1) is 18.0. The first-order valence-electron chi connectivity index (χ1n) is 12.1. The Morgan fingerprint density at radius 1 is 0.892 bits per heavy atom. The number of nitrogens with two attached hydrogens (primary N) is 1. The number of aromatic nitrogens is 2. The van der Waals surface area contributed by atoms with Crippen molar-refractivity contribution in [2.24, 2.45) is 5.73 Å². The van der Waals surface area contributed by atoms with Gasteiger partial charge in [-0.15, -0.1) is 0 Å². The van der Waals surface area contributed by atoms with Crippen LogP contribution in [0.3, 0.4) is 0 Å². The van der Waals surface area contributed by atoms with E-state index in [0.29, 0.717) is 24.3 Å². The quantitative estimate of drug-likeness (QED) is 0.222. The standard InChI is InChI=1S/C28H30N4O4S/c29-19-7-9-23-14-16-26(17-15-23)37(34,35)31(21-8-22-36-28(33)24-10-3-1-4-11-24)27-18-20-30-32(27)25-12-5-2-6-13-25/h1-6,10-18,20H,7-9,19,21-22,29H2. The molecule has 0 aliphatic heterocycles. The Morgan fingerprint density at radius 2 is 1.57 bits per heavy atom. The molecular formula is C28H30N4O4S. The number of carbonyl (C=O) groups excluding carboxylic acids is 1. The largest absolute Gasteiger partial charge is 0.462 e. The Balaban J connectivity index is 1.57. The highest BCUT2D eigenvalue weighted by molar-refractivity contribution is 7.92. The van der Waals surface area contributed by atoms with Crippen LogP contribution < -0.4 is 10.0 Å². The van der Waals surface area contributed by atoms with Crippen LogP contribution in [0, 0.1) is 0 Å². The molecule has 1 heterocycles. The Kier molecular flexibility index (Phi) is 8.71. The van der Waals surface area contributed by atoms with Crippen molar-refractivity contribution in [3.63, 3.8) is 0 Å². The molecule has 0 radical (unpaired) electrons. The Morgan fingerprint density at radius 3 is 2.24 bits per heavy atom. The molecule has 3 aromatic carbocycles. The summed E-state index contributed by atoms with van der Waals surface area (Å²) >= 11 is 0. The lowest BCUT2D eigenvalue weighted by Crippen LogP contribution is -2.34. The Labute approximate surface area is 217 Å². The van der Waals surface area contributed by atoms with Gasteiger partial charge in [-0.1, -0.05) is 48.5 Å². The summed E-state index contributed by atoms with van der Waals surface area (Å²) in [5, 5.41) is 4.37. The predicted molar refractivity (Wildman–Crippen MR) is 143 cm³/mol. The number of hydrogen-bond acceptors (Lipinski definition) is 6. The molecule has 1 aromatic heterocycles. The van der Waals surface area contributed by atoms with Gasteiger partial charge >= 0.3 is 5.97 Å². The Bertz CT molecular complexity index is 1390. The molecular weight excluding hydrogens is 488 g/mol. The molecule has 0 bridgehead atoms. The second-order valence-electron chi connectivity index (χ2n) is 8.41. The van der Waals surface area contributed by atoms with Crippen LogP contribution in [0.5, 0.6) is 0 Å². The summed E-state index contributed by atoms with van der Waals surface area (Å²) in [5.74, 6) is -0.0507. The van der Waals surface area contributed by atoms with Gasteiger partial charge < -0.3 is 10.5 Å². The second-order valence-corrected chi connectivity index (χ2v) is 10.3. The lowest BCUT2D eigenvalue weighted by molar-refractivity contribution is 0.0503. The van der Waals surface area contributed by atoms with Gasteiger partial charge in [0.1, 0.15) is 5.82 Å².